The van der Waals surface area contributed by atoms with Crippen LogP contribution in [0, 0.1) is 0 Å². The summed E-state index contributed by atoms with van der Waals surface area (Å²) in [6.45, 7) is 0.452. The fourth-order valence-electron chi connectivity index (χ4n) is 1.06. The molecule has 1 unspecified atom stereocenters. The normalized spacial score (nSPS) is 18.8. The molecule has 0 bridgehead atoms. The summed E-state index contributed by atoms with van der Waals surface area (Å²) in [7, 11) is 1.53. The highest BCUT2D eigenvalue weighted by Crippen LogP contribution is 2.27. The van der Waals surface area contributed by atoms with E-state index in [0.717, 1.165) is 0 Å². The smallest absolute Gasteiger partial charge is 0.343 e. The molecule has 1 saturated heterocycles. The van der Waals surface area contributed by atoms with Crippen LogP contribution in [-0.4, -0.2) is 25.8 Å². The van der Waals surface area contributed by atoms with E-state index in [4.69, 9.17) is 14.2 Å². The minimum absolute atomic E-state index is 0.366. The van der Waals surface area contributed by atoms with Crippen molar-refractivity contribution in [2.24, 2.45) is 0 Å². The second-order valence-electron chi connectivity index (χ2n) is 2.89. The van der Waals surface area contributed by atoms with Gasteiger partial charge in [0, 0.05) is 0 Å². The Labute approximate surface area is 81.4 Å². The van der Waals surface area contributed by atoms with Crippen LogP contribution in [0.3, 0.4) is 0 Å². The maximum atomic E-state index is 11.2. The minimum atomic E-state index is -0.389. The average molecular weight is 194 g/mol. The van der Waals surface area contributed by atoms with Crippen molar-refractivity contribution in [3.05, 3.63) is 24.3 Å². The lowest BCUT2D eigenvalue weighted by atomic mass is 10.3. The van der Waals surface area contributed by atoms with Crippen molar-refractivity contribution in [1.82, 2.24) is 0 Å². The van der Waals surface area contributed by atoms with Gasteiger partial charge in [-0.2, -0.15) is 0 Å². The Hall–Kier alpha value is -1.55. The Balaban J connectivity index is 2.10. The second-order valence-corrected chi connectivity index (χ2v) is 2.89. The number of ether oxygens (including phenoxy) is 3. The number of esters is 1. The van der Waals surface area contributed by atoms with Gasteiger partial charge in [-0.15, -0.1) is 0 Å². The van der Waals surface area contributed by atoms with Gasteiger partial charge >= 0.3 is 5.97 Å². The monoisotopic (exact) mass is 194 g/mol. The molecular weight excluding hydrogens is 184 g/mol. The van der Waals surface area contributed by atoms with Gasteiger partial charge in [0.25, 0.3) is 0 Å². The summed E-state index contributed by atoms with van der Waals surface area (Å²) >= 11 is 0. The first-order valence-electron chi connectivity index (χ1n) is 4.27. The number of carbonyl (C=O) groups excluding carboxylic acids is 1. The highest BCUT2D eigenvalue weighted by molar-refractivity contribution is 5.79. The molecular formula is C10H10O4. The number of para-hydroxylation sites is 2. The molecule has 1 aromatic carbocycles. The van der Waals surface area contributed by atoms with E-state index in [-0.39, 0.29) is 12.1 Å². The lowest BCUT2D eigenvalue weighted by Crippen LogP contribution is -2.15. The molecule has 74 valence electrons. The Morgan fingerprint density at radius 3 is 2.64 bits per heavy atom. The number of hydrogen-bond acceptors (Lipinski definition) is 4. The van der Waals surface area contributed by atoms with Crippen LogP contribution in [-0.2, 0) is 9.53 Å². The molecule has 0 N–H and O–H groups in total. The summed E-state index contributed by atoms with van der Waals surface area (Å²) in [5.74, 6) is 0.603. The van der Waals surface area contributed by atoms with Crippen LogP contribution in [0.1, 0.15) is 0 Å². The van der Waals surface area contributed by atoms with Crippen LogP contribution in [0.4, 0.5) is 0 Å². The lowest BCUT2D eigenvalue weighted by Gasteiger charge is -2.06. The quantitative estimate of drug-likeness (QED) is 0.409. The largest absolute Gasteiger partial charge is 0.493 e. The third-order valence-electron chi connectivity index (χ3n) is 1.88. The Morgan fingerprint density at radius 2 is 2.07 bits per heavy atom. The number of epoxide rings is 1. The van der Waals surface area contributed by atoms with Gasteiger partial charge in [0.2, 0.25) is 0 Å². The highest BCUT2D eigenvalue weighted by Gasteiger charge is 2.33. The van der Waals surface area contributed by atoms with E-state index >= 15 is 0 Å². The zero-order valence-corrected chi connectivity index (χ0v) is 7.73. The SMILES string of the molecule is COc1ccccc1OC(=O)C1CO1. The molecule has 0 aromatic heterocycles. The van der Waals surface area contributed by atoms with Crippen molar-refractivity contribution in [1.29, 1.82) is 0 Å². The average Bonchev–Trinajstić information content (AvgIpc) is 3.02. The van der Waals surface area contributed by atoms with E-state index < -0.39 is 0 Å². The van der Waals surface area contributed by atoms with E-state index in [2.05, 4.69) is 0 Å². The number of benzene rings is 1. The number of rotatable bonds is 3. The molecule has 1 aliphatic heterocycles. The van der Waals surface area contributed by atoms with Crippen molar-refractivity contribution in [2.75, 3.05) is 13.7 Å². The Bertz CT molecular complexity index is 344. The number of methoxy groups -OCH3 is 1. The molecule has 14 heavy (non-hydrogen) atoms. The molecule has 1 atom stereocenters. The molecule has 4 nitrogen and oxygen atoms in total. The van der Waals surface area contributed by atoms with Crippen LogP contribution >= 0.6 is 0 Å². The molecule has 0 spiro atoms. The summed E-state index contributed by atoms with van der Waals surface area (Å²) in [5, 5.41) is 0. The summed E-state index contributed by atoms with van der Waals surface area (Å²) in [6, 6.07) is 7.00. The molecule has 4 heteroatoms. The van der Waals surface area contributed by atoms with E-state index in [9.17, 15) is 4.79 Å². The Kier molecular flexibility index (Phi) is 2.37. The lowest BCUT2D eigenvalue weighted by molar-refractivity contribution is -0.135. The van der Waals surface area contributed by atoms with Crippen molar-refractivity contribution < 1.29 is 19.0 Å². The summed E-state index contributed by atoms with van der Waals surface area (Å²) in [6.07, 6.45) is -0.389. The molecule has 1 heterocycles. The van der Waals surface area contributed by atoms with Gasteiger partial charge in [-0.3, -0.25) is 0 Å². The molecule has 1 aromatic rings. The zero-order valence-electron chi connectivity index (χ0n) is 7.73. The van der Waals surface area contributed by atoms with Crippen molar-refractivity contribution in [3.8, 4) is 11.5 Å². The van der Waals surface area contributed by atoms with Gasteiger partial charge < -0.3 is 14.2 Å². The molecule has 1 aliphatic rings. The maximum absolute atomic E-state index is 11.2. The Morgan fingerprint density at radius 1 is 1.43 bits per heavy atom. The van der Waals surface area contributed by atoms with Crippen molar-refractivity contribution in [2.45, 2.75) is 6.10 Å². The highest BCUT2D eigenvalue weighted by atomic mass is 16.6. The fraction of sp³-hybridized carbons (Fsp3) is 0.300. The molecule has 2 rings (SSSR count). The number of carbonyl (C=O) groups is 1. The van der Waals surface area contributed by atoms with E-state index in [1.54, 1.807) is 18.2 Å². The van der Waals surface area contributed by atoms with E-state index in [1.807, 2.05) is 6.07 Å². The standard InChI is InChI=1S/C10H10O4/c1-12-7-4-2-3-5-8(7)14-10(11)9-6-13-9/h2-5,9H,6H2,1H3. The molecule has 0 aliphatic carbocycles. The molecule has 0 amide bonds. The topological polar surface area (TPSA) is 48.1 Å². The predicted octanol–water partition coefficient (Wildman–Crippen LogP) is 0.999. The third-order valence-corrected chi connectivity index (χ3v) is 1.88. The summed E-state index contributed by atoms with van der Waals surface area (Å²) < 4.78 is 14.9. The number of hydrogen-bond donors (Lipinski definition) is 0. The summed E-state index contributed by atoms with van der Waals surface area (Å²) in [4.78, 5) is 11.2. The van der Waals surface area contributed by atoms with Gasteiger partial charge in [-0.25, -0.2) is 4.79 Å². The minimum Gasteiger partial charge on any atom is -0.493 e. The fourth-order valence-corrected chi connectivity index (χ4v) is 1.06. The molecule has 0 saturated carbocycles. The first kappa shape index (κ1) is 9.02. The first-order valence-corrected chi connectivity index (χ1v) is 4.27. The van der Waals surface area contributed by atoms with Crippen LogP contribution < -0.4 is 9.47 Å². The third kappa shape index (κ3) is 1.85. The van der Waals surface area contributed by atoms with E-state index in [0.29, 0.717) is 18.1 Å². The van der Waals surface area contributed by atoms with Gasteiger partial charge in [0.05, 0.1) is 13.7 Å². The molecule has 0 radical (unpaired) electrons. The van der Waals surface area contributed by atoms with Gasteiger partial charge in [-0.1, -0.05) is 12.1 Å². The molecule has 1 fully saturated rings. The van der Waals surface area contributed by atoms with Gasteiger partial charge in [0.15, 0.2) is 17.6 Å². The van der Waals surface area contributed by atoms with Crippen LogP contribution in [0.2, 0.25) is 0 Å². The van der Waals surface area contributed by atoms with Gasteiger partial charge in [-0.05, 0) is 12.1 Å². The van der Waals surface area contributed by atoms with Crippen LogP contribution in [0.25, 0.3) is 0 Å². The van der Waals surface area contributed by atoms with Gasteiger partial charge in [0.1, 0.15) is 0 Å². The maximum Gasteiger partial charge on any atom is 0.343 e. The zero-order chi connectivity index (χ0) is 9.97. The summed E-state index contributed by atoms with van der Waals surface area (Å²) in [5.41, 5.74) is 0. The van der Waals surface area contributed by atoms with Crippen molar-refractivity contribution >= 4 is 5.97 Å². The van der Waals surface area contributed by atoms with E-state index in [1.165, 1.54) is 7.11 Å². The van der Waals surface area contributed by atoms with Crippen LogP contribution in [0.5, 0.6) is 11.5 Å². The van der Waals surface area contributed by atoms with Crippen LogP contribution in [0.15, 0.2) is 24.3 Å². The second kappa shape index (κ2) is 3.67. The van der Waals surface area contributed by atoms with Crippen molar-refractivity contribution in [3.63, 3.8) is 0 Å². The first-order chi connectivity index (χ1) is 6.81. The predicted molar refractivity (Wildman–Crippen MR) is 48.4 cm³/mol.